The van der Waals surface area contributed by atoms with Gasteiger partial charge < -0.3 is 24.6 Å². The quantitative estimate of drug-likeness (QED) is 0.519. The molecule has 0 radical (unpaired) electrons. The van der Waals surface area contributed by atoms with Gasteiger partial charge in [-0.05, 0) is 42.8 Å². The van der Waals surface area contributed by atoms with Gasteiger partial charge in [-0.1, -0.05) is 18.2 Å². The Morgan fingerprint density at radius 3 is 2.59 bits per heavy atom. The molecule has 1 amide bonds. The predicted molar refractivity (Wildman–Crippen MR) is 106 cm³/mol. The van der Waals surface area contributed by atoms with Crippen molar-refractivity contribution in [3.63, 3.8) is 0 Å². The van der Waals surface area contributed by atoms with Gasteiger partial charge in [-0.15, -0.1) is 0 Å². The standard InChI is InChI=1S/C21H21NO7/c1-3-28-21(26)15-6-4-5-7-16(15)22-19(24)13-29-20(25)11-9-14-8-10-17(23)18(12-14)27-2/h4-12,23H,3,13H2,1-2H3,(H,22,24)/b11-9+. The van der Waals surface area contributed by atoms with Crippen LogP contribution in [0.3, 0.4) is 0 Å². The Balaban J connectivity index is 1.91. The second-order valence-electron chi connectivity index (χ2n) is 5.69. The van der Waals surface area contributed by atoms with Crippen molar-refractivity contribution in [3.8, 4) is 11.5 Å². The molecule has 29 heavy (non-hydrogen) atoms. The van der Waals surface area contributed by atoms with Gasteiger partial charge in [0.25, 0.3) is 5.91 Å². The van der Waals surface area contributed by atoms with Crippen molar-refractivity contribution in [3.05, 3.63) is 59.7 Å². The SMILES string of the molecule is CCOC(=O)c1ccccc1NC(=O)COC(=O)/C=C/c1ccc(O)c(OC)c1. The number of hydrogen-bond donors (Lipinski definition) is 2. The Morgan fingerprint density at radius 2 is 1.86 bits per heavy atom. The number of esters is 2. The molecule has 0 atom stereocenters. The first-order chi connectivity index (χ1) is 13.9. The van der Waals surface area contributed by atoms with Crippen LogP contribution in [0.4, 0.5) is 5.69 Å². The zero-order valence-corrected chi connectivity index (χ0v) is 16.0. The first-order valence-electron chi connectivity index (χ1n) is 8.72. The number of anilines is 1. The van der Waals surface area contributed by atoms with Crippen LogP contribution in [0.15, 0.2) is 48.5 Å². The van der Waals surface area contributed by atoms with Crippen LogP contribution >= 0.6 is 0 Å². The number of benzene rings is 2. The lowest BCUT2D eigenvalue weighted by Crippen LogP contribution is -2.21. The van der Waals surface area contributed by atoms with Gasteiger partial charge in [0.1, 0.15) is 0 Å². The van der Waals surface area contributed by atoms with E-state index in [0.29, 0.717) is 5.56 Å². The molecule has 2 N–H and O–H groups in total. The van der Waals surface area contributed by atoms with Gasteiger partial charge in [0, 0.05) is 6.08 Å². The summed E-state index contributed by atoms with van der Waals surface area (Å²) in [5, 5.41) is 12.1. The minimum absolute atomic E-state index is 0.0213. The molecule has 0 bridgehead atoms. The lowest BCUT2D eigenvalue weighted by molar-refractivity contribution is -0.142. The summed E-state index contributed by atoms with van der Waals surface area (Å²) in [6.45, 7) is 1.36. The van der Waals surface area contributed by atoms with Gasteiger partial charge in [0.2, 0.25) is 0 Å². The summed E-state index contributed by atoms with van der Waals surface area (Å²) in [4.78, 5) is 35.8. The van der Waals surface area contributed by atoms with Gasteiger partial charge in [0.15, 0.2) is 18.1 Å². The van der Waals surface area contributed by atoms with Gasteiger partial charge in [0.05, 0.1) is 25.0 Å². The van der Waals surface area contributed by atoms with Gasteiger partial charge in [-0.3, -0.25) is 4.79 Å². The van der Waals surface area contributed by atoms with Crippen LogP contribution in [-0.2, 0) is 19.1 Å². The summed E-state index contributed by atoms with van der Waals surface area (Å²) < 4.78 is 14.8. The highest BCUT2D eigenvalue weighted by atomic mass is 16.5. The Hall–Kier alpha value is -3.81. The van der Waals surface area contributed by atoms with E-state index in [2.05, 4.69) is 5.32 Å². The average Bonchev–Trinajstić information content (AvgIpc) is 2.72. The average molecular weight is 399 g/mol. The molecule has 0 spiro atoms. The smallest absolute Gasteiger partial charge is 0.340 e. The molecule has 152 valence electrons. The fourth-order valence-corrected chi connectivity index (χ4v) is 2.31. The topological polar surface area (TPSA) is 111 Å². The molecule has 0 unspecified atom stereocenters. The Bertz CT molecular complexity index is 921. The number of phenols is 1. The van der Waals surface area contributed by atoms with Crippen molar-refractivity contribution in [1.29, 1.82) is 0 Å². The number of phenolic OH excluding ortho intramolecular Hbond substituents is 1. The minimum atomic E-state index is -0.731. The molecule has 0 aliphatic carbocycles. The van der Waals surface area contributed by atoms with Crippen LogP contribution < -0.4 is 10.1 Å². The number of methoxy groups -OCH3 is 1. The zero-order valence-electron chi connectivity index (χ0n) is 16.0. The number of carbonyl (C=O) groups excluding carboxylic acids is 3. The third-order valence-corrected chi connectivity index (χ3v) is 3.66. The number of carbonyl (C=O) groups is 3. The molecule has 0 aliphatic rings. The minimum Gasteiger partial charge on any atom is -0.504 e. The van der Waals surface area contributed by atoms with Crippen LogP contribution in [0.25, 0.3) is 6.08 Å². The summed E-state index contributed by atoms with van der Waals surface area (Å²) in [7, 11) is 1.41. The summed E-state index contributed by atoms with van der Waals surface area (Å²) in [5.74, 6) is -1.65. The maximum atomic E-state index is 12.0. The number of hydrogen-bond acceptors (Lipinski definition) is 7. The van der Waals surface area contributed by atoms with Gasteiger partial charge >= 0.3 is 11.9 Å². The van der Waals surface area contributed by atoms with Gasteiger partial charge in [-0.2, -0.15) is 0 Å². The molecule has 8 nitrogen and oxygen atoms in total. The number of aromatic hydroxyl groups is 1. The van der Waals surface area contributed by atoms with E-state index in [0.717, 1.165) is 6.08 Å². The van der Waals surface area contributed by atoms with Crippen molar-refractivity contribution in [2.45, 2.75) is 6.92 Å². The van der Waals surface area contributed by atoms with Crippen molar-refractivity contribution in [2.24, 2.45) is 0 Å². The fraction of sp³-hybridized carbons (Fsp3) is 0.190. The van der Waals surface area contributed by atoms with E-state index in [-0.39, 0.29) is 29.4 Å². The number of nitrogens with one attached hydrogen (secondary N) is 1. The van der Waals surface area contributed by atoms with Crippen LogP contribution in [0.1, 0.15) is 22.8 Å². The molecule has 2 rings (SSSR count). The van der Waals surface area contributed by atoms with Crippen molar-refractivity contribution in [1.82, 2.24) is 0 Å². The summed E-state index contributed by atoms with van der Waals surface area (Å²) in [6.07, 6.45) is 2.60. The van der Waals surface area contributed by atoms with E-state index >= 15 is 0 Å². The van der Waals surface area contributed by atoms with E-state index < -0.39 is 24.5 Å². The van der Waals surface area contributed by atoms with Crippen molar-refractivity contribution < 1.29 is 33.7 Å². The lowest BCUT2D eigenvalue weighted by atomic mass is 10.2. The number of amides is 1. The Kier molecular flexibility index (Phi) is 7.78. The van der Waals surface area contributed by atoms with Crippen molar-refractivity contribution >= 4 is 29.6 Å². The maximum Gasteiger partial charge on any atom is 0.340 e. The number of ether oxygens (including phenoxy) is 3. The highest BCUT2D eigenvalue weighted by Crippen LogP contribution is 2.26. The Morgan fingerprint density at radius 1 is 1.10 bits per heavy atom. The molecule has 0 heterocycles. The summed E-state index contributed by atoms with van der Waals surface area (Å²) >= 11 is 0. The molecule has 8 heteroatoms. The van der Waals surface area contributed by atoms with Crippen LogP contribution in [0.5, 0.6) is 11.5 Å². The highest BCUT2D eigenvalue weighted by molar-refractivity contribution is 6.02. The third-order valence-electron chi connectivity index (χ3n) is 3.66. The van der Waals surface area contributed by atoms with Crippen LogP contribution in [-0.4, -0.2) is 43.3 Å². The van der Waals surface area contributed by atoms with E-state index in [1.807, 2.05) is 0 Å². The third kappa shape index (κ3) is 6.39. The number of rotatable bonds is 8. The second kappa shape index (κ2) is 10.5. The van der Waals surface area contributed by atoms with E-state index in [4.69, 9.17) is 14.2 Å². The molecule has 0 aromatic heterocycles. The predicted octanol–water partition coefficient (Wildman–Crippen LogP) is 2.77. The zero-order chi connectivity index (χ0) is 21.2. The van der Waals surface area contributed by atoms with Crippen LogP contribution in [0.2, 0.25) is 0 Å². The largest absolute Gasteiger partial charge is 0.504 e. The lowest BCUT2D eigenvalue weighted by Gasteiger charge is -2.10. The summed E-state index contributed by atoms with van der Waals surface area (Å²) in [6, 6.07) is 10.9. The Labute approximate surface area is 167 Å². The van der Waals surface area contributed by atoms with E-state index in [1.165, 1.54) is 31.4 Å². The van der Waals surface area contributed by atoms with E-state index in [1.54, 1.807) is 31.2 Å². The van der Waals surface area contributed by atoms with Crippen molar-refractivity contribution in [2.75, 3.05) is 25.6 Å². The first kappa shape index (κ1) is 21.5. The maximum absolute atomic E-state index is 12.0. The normalized spacial score (nSPS) is 10.4. The highest BCUT2D eigenvalue weighted by Gasteiger charge is 2.14. The molecular weight excluding hydrogens is 378 g/mol. The molecular formula is C21H21NO7. The molecule has 0 aliphatic heterocycles. The molecule has 0 fully saturated rings. The van der Waals surface area contributed by atoms with Gasteiger partial charge in [-0.25, -0.2) is 9.59 Å². The monoisotopic (exact) mass is 399 g/mol. The molecule has 2 aromatic carbocycles. The summed E-state index contributed by atoms with van der Waals surface area (Å²) in [5.41, 5.74) is 1.07. The molecule has 0 saturated carbocycles. The van der Waals surface area contributed by atoms with Crippen LogP contribution in [0, 0.1) is 0 Å². The molecule has 2 aromatic rings. The first-order valence-corrected chi connectivity index (χ1v) is 8.72. The fourth-order valence-electron chi connectivity index (χ4n) is 2.31. The number of para-hydroxylation sites is 1. The second-order valence-corrected chi connectivity index (χ2v) is 5.69. The molecule has 0 saturated heterocycles. The van der Waals surface area contributed by atoms with E-state index in [9.17, 15) is 19.5 Å².